The van der Waals surface area contributed by atoms with Crippen LogP contribution < -0.4 is 9.47 Å². The molecule has 0 fully saturated rings. The smallest absolute Gasteiger partial charge is 0.417 e. The third kappa shape index (κ3) is 7.82. The molecule has 0 heterocycles. The van der Waals surface area contributed by atoms with E-state index < -0.39 is 80.8 Å². The van der Waals surface area contributed by atoms with Gasteiger partial charge in [0.2, 0.25) is 0 Å². The molecular weight excluding hydrogens is 584 g/mol. The Morgan fingerprint density at radius 3 is 1.18 bits per heavy atom. The third-order valence-electron chi connectivity index (χ3n) is 4.32. The van der Waals surface area contributed by atoms with Crippen LogP contribution in [-0.2, 0) is 24.7 Å². The molecule has 2 aromatic carbocycles. The van der Waals surface area contributed by atoms with Gasteiger partial charge in [-0.05, 0) is 35.9 Å². The average Bonchev–Trinajstić information content (AvgIpc) is 2.74. The number of carboxylic acid groups (broad SMARTS) is 1. The molecule has 0 radical (unpaired) electrons. The fourth-order valence-corrected chi connectivity index (χ4v) is 2.95. The molecule has 0 atom stereocenters. The molecule has 0 amide bonds. The Morgan fingerprint density at radius 1 is 0.632 bits per heavy atom. The molecule has 38 heavy (non-hydrogen) atoms. The SMILES string of the molecule is COc1cc(C(F)(F)F)cc(C(F)(F)F)c1C(=O)Cl.COc1cc(C(F)(F)F)cc(C(F)(F)F)c1C(=O)O. The molecule has 0 aliphatic heterocycles. The molecule has 0 spiro atoms. The maximum Gasteiger partial charge on any atom is 0.417 e. The molecule has 18 heteroatoms. The van der Waals surface area contributed by atoms with E-state index in [2.05, 4.69) is 9.47 Å². The number of halogens is 13. The number of methoxy groups -OCH3 is 2. The molecular formula is C20H11ClF12O5. The molecule has 5 nitrogen and oxygen atoms in total. The van der Waals surface area contributed by atoms with E-state index in [1.165, 1.54) is 0 Å². The van der Waals surface area contributed by atoms with E-state index in [0.29, 0.717) is 0 Å². The number of aromatic carboxylic acids is 1. The molecule has 1 N–H and O–H groups in total. The van der Waals surface area contributed by atoms with E-state index in [1.54, 1.807) is 0 Å². The lowest BCUT2D eigenvalue weighted by Crippen LogP contribution is -2.17. The number of rotatable bonds is 4. The molecule has 0 unspecified atom stereocenters. The standard InChI is InChI=1S/C10H5ClF6O2.C10H6F6O3/c1-19-6-3-4(9(12,13)14)2-5(10(15,16)17)7(6)8(11)18;1-19-6-3-4(9(11,12)13)2-5(10(14,15)16)7(6)8(17)18/h2-3H,1H3;2-3H,1H3,(H,17,18). The number of hydrogen-bond donors (Lipinski definition) is 1. The van der Waals surface area contributed by atoms with Gasteiger partial charge in [-0.2, -0.15) is 52.7 Å². The molecule has 0 saturated carbocycles. The summed E-state index contributed by atoms with van der Waals surface area (Å²) in [5.41, 5.74) is -9.43. The molecule has 0 saturated heterocycles. The van der Waals surface area contributed by atoms with Crippen molar-refractivity contribution >= 4 is 22.8 Å². The summed E-state index contributed by atoms with van der Waals surface area (Å²) < 4.78 is 159. The van der Waals surface area contributed by atoms with Crippen molar-refractivity contribution in [2.75, 3.05) is 14.2 Å². The van der Waals surface area contributed by atoms with Crippen molar-refractivity contribution in [3.8, 4) is 11.5 Å². The Kier molecular flexibility index (Phi) is 9.60. The van der Waals surface area contributed by atoms with Crippen molar-refractivity contribution in [2.24, 2.45) is 0 Å². The summed E-state index contributed by atoms with van der Waals surface area (Å²) in [6.45, 7) is 0. The Bertz CT molecular complexity index is 1100. The zero-order valence-corrected chi connectivity index (χ0v) is 19.1. The highest BCUT2D eigenvalue weighted by Gasteiger charge is 2.42. The number of carboxylic acids is 1. The highest BCUT2D eigenvalue weighted by atomic mass is 35.5. The first-order valence-electron chi connectivity index (χ1n) is 9.12. The Balaban J connectivity index is 0.000000380. The van der Waals surface area contributed by atoms with Crippen molar-refractivity contribution in [1.82, 2.24) is 0 Å². The van der Waals surface area contributed by atoms with Gasteiger partial charge in [-0.1, -0.05) is 0 Å². The molecule has 2 rings (SSSR count). The van der Waals surface area contributed by atoms with E-state index in [1.807, 2.05) is 0 Å². The average molecular weight is 595 g/mol. The minimum absolute atomic E-state index is 0.182. The van der Waals surface area contributed by atoms with Gasteiger partial charge >= 0.3 is 30.7 Å². The van der Waals surface area contributed by atoms with Crippen LogP contribution in [0.4, 0.5) is 52.7 Å². The summed E-state index contributed by atoms with van der Waals surface area (Å²) in [6, 6.07) is 0.0493. The molecule has 0 aliphatic carbocycles. The van der Waals surface area contributed by atoms with E-state index >= 15 is 0 Å². The van der Waals surface area contributed by atoms with E-state index in [9.17, 15) is 62.3 Å². The van der Waals surface area contributed by atoms with Gasteiger partial charge in [-0.3, -0.25) is 4.79 Å². The summed E-state index contributed by atoms with van der Waals surface area (Å²) in [5.74, 6) is -3.92. The minimum Gasteiger partial charge on any atom is -0.496 e. The van der Waals surface area contributed by atoms with Gasteiger partial charge in [0.15, 0.2) is 0 Å². The summed E-state index contributed by atoms with van der Waals surface area (Å²) >= 11 is 4.96. The van der Waals surface area contributed by atoms with Crippen molar-refractivity contribution in [1.29, 1.82) is 0 Å². The Hall–Kier alpha value is -3.37. The summed E-state index contributed by atoms with van der Waals surface area (Å²) in [4.78, 5) is 21.7. The van der Waals surface area contributed by atoms with Crippen LogP contribution in [0.1, 0.15) is 43.0 Å². The third-order valence-corrected chi connectivity index (χ3v) is 4.51. The number of carbonyl (C=O) groups excluding carboxylic acids is 1. The highest BCUT2D eigenvalue weighted by Crippen LogP contribution is 2.43. The number of hydrogen-bond acceptors (Lipinski definition) is 4. The number of benzene rings is 2. The second-order valence-corrected chi connectivity index (χ2v) is 7.12. The molecule has 2 aromatic rings. The maximum atomic E-state index is 12.7. The van der Waals surface area contributed by atoms with Crippen molar-refractivity contribution in [3.05, 3.63) is 57.6 Å². The predicted octanol–water partition coefficient (Wildman–Crippen LogP) is 7.54. The van der Waals surface area contributed by atoms with E-state index in [-0.39, 0.29) is 24.3 Å². The normalized spacial score (nSPS) is 12.4. The van der Waals surface area contributed by atoms with Crippen LogP contribution in [0, 0.1) is 0 Å². The highest BCUT2D eigenvalue weighted by molar-refractivity contribution is 6.68. The van der Waals surface area contributed by atoms with Gasteiger partial charge in [0.25, 0.3) is 5.24 Å². The first kappa shape index (κ1) is 32.7. The summed E-state index contributed by atoms with van der Waals surface area (Å²) in [5, 5.41) is 7.12. The van der Waals surface area contributed by atoms with Gasteiger partial charge in [-0.25, -0.2) is 4.79 Å². The summed E-state index contributed by atoms with van der Waals surface area (Å²) in [6.07, 6.45) is -20.5. The molecule has 0 aliphatic rings. The number of carbonyl (C=O) groups is 2. The van der Waals surface area contributed by atoms with Crippen LogP contribution in [0.3, 0.4) is 0 Å². The fourth-order valence-electron chi connectivity index (χ4n) is 2.75. The maximum absolute atomic E-state index is 12.7. The Morgan fingerprint density at radius 2 is 0.947 bits per heavy atom. The van der Waals surface area contributed by atoms with Crippen LogP contribution in [0.5, 0.6) is 11.5 Å². The zero-order chi connectivity index (χ0) is 30.0. The van der Waals surface area contributed by atoms with E-state index in [4.69, 9.17) is 16.7 Å². The van der Waals surface area contributed by atoms with Crippen molar-refractivity contribution in [3.63, 3.8) is 0 Å². The van der Waals surface area contributed by atoms with Gasteiger partial charge < -0.3 is 14.6 Å². The second-order valence-electron chi connectivity index (χ2n) is 6.77. The largest absolute Gasteiger partial charge is 0.496 e. The topological polar surface area (TPSA) is 72.8 Å². The van der Waals surface area contributed by atoms with Gasteiger partial charge in [-0.15, -0.1) is 0 Å². The quantitative estimate of drug-likeness (QED) is 0.292. The van der Waals surface area contributed by atoms with Crippen LogP contribution in [0.15, 0.2) is 24.3 Å². The lowest BCUT2D eigenvalue weighted by molar-refractivity contribution is -0.145. The van der Waals surface area contributed by atoms with E-state index in [0.717, 1.165) is 14.2 Å². The van der Waals surface area contributed by atoms with Crippen LogP contribution >= 0.6 is 11.6 Å². The lowest BCUT2D eigenvalue weighted by atomic mass is 10.0. The van der Waals surface area contributed by atoms with Gasteiger partial charge in [0.05, 0.1) is 42.0 Å². The number of alkyl halides is 12. The van der Waals surface area contributed by atoms with Crippen LogP contribution in [-0.4, -0.2) is 30.5 Å². The first-order chi connectivity index (χ1) is 17.0. The molecule has 0 aromatic heterocycles. The van der Waals surface area contributed by atoms with Gasteiger partial charge in [0.1, 0.15) is 17.1 Å². The first-order valence-corrected chi connectivity index (χ1v) is 9.50. The Labute approximate surface area is 208 Å². The molecule has 0 bridgehead atoms. The monoisotopic (exact) mass is 594 g/mol. The van der Waals surface area contributed by atoms with Crippen molar-refractivity contribution in [2.45, 2.75) is 24.7 Å². The van der Waals surface area contributed by atoms with Crippen LogP contribution in [0.25, 0.3) is 0 Å². The van der Waals surface area contributed by atoms with Crippen LogP contribution in [0.2, 0.25) is 0 Å². The lowest BCUT2D eigenvalue weighted by Gasteiger charge is -2.17. The zero-order valence-electron chi connectivity index (χ0n) is 18.3. The second kappa shape index (κ2) is 11.2. The predicted molar refractivity (Wildman–Crippen MR) is 103 cm³/mol. The summed E-state index contributed by atoms with van der Waals surface area (Å²) in [7, 11) is 1.61. The molecule has 212 valence electrons. The van der Waals surface area contributed by atoms with Crippen molar-refractivity contribution < 1.29 is 76.9 Å². The minimum atomic E-state index is -5.25. The van der Waals surface area contributed by atoms with Gasteiger partial charge in [0, 0.05) is 0 Å². The number of ether oxygens (including phenoxy) is 2. The fraction of sp³-hybridized carbons (Fsp3) is 0.300.